The van der Waals surface area contributed by atoms with Crippen molar-refractivity contribution in [1.82, 2.24) is 9.80 Å². The fourth-order valence-electron chi connectivity index (χ4n) is 3.35. The Kier molecular flexibility index (Phi) is 7.20. The number of nitrogens with two attached hydrogens (primary N) is 1. The summed E-state index contributed by atoms with van der Waals surface area (Å²) in [6.07, 6.45) is 5.19. The van der Waals surface area contributed by atoms with Crippen LogP contribution < -0.4 is 5.73 Å². The van der Waals surface area contributed by atoms with Crippen molar-refractivity contribution < 1.29 is 0 Å². The summed E-state index contributed by atoms with van der Waals surface area (Å²) in [6, 6.07) is 0.569. The number of rotatable bonds is 7. The first kappa shape index (κ1) is 15.9. The van der Waals surface area contributed by atoms with E-state index in [9.17, 15) is 0 Å². The Morgan fingerprint density at radius 2 is 1.78 bits per heavy atom. The third-order valence-corrected chi connectivity index (χ3v) is 4.78. The molecule has 1 fully saturated rings. The second kappa shape index (κ2) is 8.13. The fourth-order valence-corrected chi connectivity index (χ4v) is 3.35. The molecule has 1 heterocycles. The molecule has 1 aliphatic rings. The molecule has 3 nitrogen and oxygen atoms in total. The SMILES string of the molecule is CCC(CC)C(CN)N(C)CC1CCN(C)CC1. The van der Waals surface area contributed by atoms with Crippen molar-refractivity contribution in [1.29, 1.82) is 0 Å². The number of piperidine rings is 1. The quantitative estimate of drug-likeness (QED) is 0.755. The summed E-state index contributed by atoms with van der Waals surface area (Å²) in [5.74, 6) is 1.63. The number of hydrogen-bond acceptors (Lipinski definition) is 3. The maximum absolute atomic E-state index is 6.00. The summed E-state index contributed by atoms with van der Waals surface area (Å²) in [5, 5.41) is 0. The average Bonchev–Trinajstić information content (AvgIpc) is 2.38. The molecule has 0 bridgehead atoms. The molecule has 0 aromatic rings. The Bertz CT molecular complexity index is 208. The van der Waals surface area contributed by atoms with Crippen LogP contribution in [0.3, 0.4) is 0 Å². The predicted molar refractivity (Wildman–Crippen MR) is 79.8 cm³/mol. The van der Waals surface area contributed by atoms with Gasteiger partial charge in [-0.25, -0.2) is 0 Å². The molecule has 108 valence electrons. The Hall–Kier alpha value is -0.120. The minimum Gasteiger partial charge on any atom is -0.329 e. The highest BCUT2D eigenvalue weighted by Gasteiger charge is 2.25. The molecule has 0 spiro atoms. The second-order valence-corrected chi connectivity index (χ2v) is 6.07. The molecule has 0 aromatic carbocycles. The molecule has 1 atom stereocenters. The molecule has 18 heavy (non-hydrogen) atoms. The molecule has 1 saturated heterocycles. The zero-order valence-corrected chi connectivity index (χ0v) is 12.9. The summed E-state index contributed by atoms with van der Waals surface area (Å²) < 4.78 is 0. The van der Waals surface area contributed by atoms with E-state index in [2.05, 4.69) is 37.7 Å². The Labute approximate surface area is 114 Å². The minimum atomic E-state index is 0.569. The molecule has 1 aliphatic heterocycles. The first-order valence-corrected chi connectivity index (χ1v) is 7.71. The minimum absolute atomic E-state index is 0.569. The van der Waals surface area contributed by atoms with Gasteiger partial charge in [0.05, 0.1) is 0 Å². The Balaban J connectivity index is 2.43. The largest absolute Gasteiger partial charge is 0.329 e. The average molecular weight is 255 g/mol. The third kappa shape index (κ3) is 4.52. The van der Waals surface area contributed by atoms with Crippen LogP contribution in [-0.4, -0.2) is 56.1 Å². The summed E-state index contributed by atoms with van der Waals surface area (Å²) >= 11 is 0. The highest BCUT2D eigenvalue weighted by atomic mass is 15.2. The predicted octanol–water partition coefficient (Wildman–Crippen LogP) is 2.02. The van der Waals surface area contributed by atoms with Gasteiger partial charge in [0, 0.05) is 19.1 Å². The van der Waals surface area contributed by atoms with Crippen LogP contribution in [0.1, 0.15) is 39.5 Å². The van der Waals surface area contributed by atoms with Gasteiger partial charge >= 0.3 is 0 Å². The second-order valence-electron chi connectivity index (χ2n) is 6.07. The summed E-state index contributed by atoms with van der Waals surface area (Å²) in [6.45, 7) is 9.13. The molecular formula is C15H33N3. The van der Waals surface area contributed by atoms with Gasteiger partial charge in [-0.1, -0.05) is 26.7 Å². The van der Waals surface area contributed by atoms with E-state index in [0.29, 0.717) is 6.04 Å². The van der Waals surface area contributed by atoms with E-state index in [1.54, 1.807) is 0 Å². The Morgan fingerprint density at radius 1 is 1.22 bits per heavy atom. The maximum atomic E-state index is 6.00. The first-order chi connectivity index (χ1) is 8.62. The van der Waals surface area contributed by atoms with Crippen LogP contribution in [0.25, 0.3) is 0 Å². The molecule has 0 radical (unpaired) electrons. The van der Waals surface area contributed by atoms with E-state index in [4.69, 9.17) is 5.73 Å². The molecule has 0 aliphatic carbocycles. The van der Waals surface area contributed by atoms with Gasteiger partial charge < -0.3 is 15.5 Å². The number of likely N-dealkylation sites (tertiary alicyclic amines) is 1. The number of likely N-dealkylation sites (N-methyl/N-ethyl adjacent to an activating group) is 1. The van der Waals surface area contributed by atoms with Crippen LogP contribution in [0, 0.1) is 11.8 Å². The summed E-state index contributed by atoms with van der Waals surface area (Å²) in [5.41, 5.74) is 6.00. The van der Waals surface area contributed by atoms with Gasteiger partial charge in [0.2, 0.25) is 0 Å². The summed E-state index contributed by atoms with van der Waals surface area (Å²) in [4.78, 5) is 4.98. The normalized spacial score (nSPS) is 20.8. The molecule has 1 rings (SSSR count). The van der Waals surface area contributed by atoms with Crippen LogP contribution >= 0.6 is 0 Å². The van der Waals surface area contributed by atoms with Crippen molar-refractivity contribution in [2.24, 2.45) is 17.6 Å². The van der Waals surface area contributed by atoms with Crippen molar-refractivity contribution in [2.75, 3.05) is 40.3 Å². The van der Waals surface area contributed by atoms with E-state index in [1.165, 1.54) is 45.3 Å². The van der Waals surface area contributed by atoms with Gasteiger partial charge in [0.15, 0.2) is 0 Å². The lowest BCUT2D eigenvalue weighted by Gasteiger charge is -2.37. The van der Waals surface area contributed by atoms with Gasteiger partial charge in [0.25, 0.3) is 0 Å². The summed E-state index contributed by atoms with van der Waals surface area (Å²) in [7, 11) is 4.50. The number of nitrogens with zero attached hydrogens (tertiary/aromatic N) is 2. The lowest BCUT2D eigenvalue weighted by molar-refractivity contribution is 0.120. The topological polar surface area (TPSA) is 32.5 Å². The van der Waals surface area contributed by atoms with Crippen LogP contribution in [0.15, 0.2) is 0 Å². The monoisotopic (exact) mass is 255 g/mol. The van der Waals surface area contributed by atoms with Crippen molar-refractivity contribution in [3.05, 3.63) is 0 Å². The molecule has 3 heteroatoms. The van der Waals surface area contributed by atoms with Gasteiger partial charge in [0.1, 0.15) is 0 Å². The van der Waals surface area contributed by atoms with Crippen molar-refractivity contribution in [2.45, 2.75) is 45.6 Å². The van der Waals surface area contributed by atoms with Crippen molar-refractivity contribution >= 4 is 0 Å². The smallest absolute Gasteiger partial charge is 0.0243 e. The van der Waals surface area contributed by atoms with E-state index in [0.717, 1.165) is 18.4 Å². The van der Waals surface area contributed by atoms with E-state index in [-0.39, 0.29) is 0 Å². The van der Waals surface area contributed by atoms with Gasteiger partial charge in [-0.05, 0) is 51.9 Å². The zero-order chi connectivity index (χ0) is 13.5. The molecule has 0 amide bonds. The van der Waals surface area contributed by atoms with Gasteiger partial charge in [-0.2, -0.15) is 0 Å². The first-order valence-electron chi connectivity index (χ1n) is 7.71. The van der Waals surface area contributed by atoms with Crippen molar-refractivity contribution in [3.63, 3.8) is 0 Å². The standard InChI is InChI=1S/C15H33N3/c1-5-14(6-2)15(11-16)18(4)12-13-7-9-17(3)10-8-13/h13-15H,5-12,16H2,1-4H3. The van der Waals surface area contributed by atoms with E-state index < -0.39 is 0 Å². The van der Waals surface area contributed by atoms with Crippen LogP contribution in [-0.2, 0) is 0 Å². The number of hydrogen-bond donors (Lipinski definition) is 1. The lowest BCUT2D eigenvalue weighted by Crippen LogP contribution is -2.46. The van der Waals surface area contributed by atoms with Crippen molar-refractivity contribution in [3.8, 4) is 0 Å². The molecule has 0 aromatic heterocycles. The van der Waals surface area contributed by atoms with Crippen LogP contribution in [0.5, 0.6) is 0 Å². The maximum Gasteiger partial charge on any atom is 0.0243 e. The highest BCUT2D eigenvalue weighted by Crippen LogP contribution is 2.21. The molecule has 1 unspecified atom stereocenters. The Morgan fingerprint density at radius 3 is 2.22 bits per heavy atom. The fraction of sp³-hybridized carbons (Fsp3) is 1.00. The van der Waals surface area contributed by atoms with Crippen LogP contribution in [0.2, 0.25) is 0 Å². The van der Waals surface area contributed by atoms with E-state index in [1.807, 2.05) is 0 Å². The molecule has 2 N–H and O–H groups in total. The lowest BCUT2D eigenvalue weighted by atomic mass is 9.91. The van der Waals surface area contributed by atoms with Crippen LogP contribution in [0.4, 0.5) is 0 Å². The third-order valence-electron chi connectivity index (χ3n) is 4.78. The highest BCUT2D eigenvalue weighted by molar-refractivity contribution is 4.80. The van der Waals surface area contributed by atoms with E-state index >= 15 is 0 Å². The zero-order valence-electron chi connectivity index (χ0n) is 12.9. The van der Waals surface area contributed by atoms with Gasteiger partial charge in [-0.3, -0.25) is 0 Å². The van der Waals surface area contributed by atoms with Gasteiger partial charge in [-0.15, -0.1) is 0 Å². The molecule has 0 saturated carbocycles. The molecular weight excluding hydrogens is 222 g/mol.